The van der Waals surface area contributed by atoms with Crippen LogP contribution in [0.3, 0.4) is 0 Å². The summed E-state index contributed by atoms with van der Waals surface area (Å²) in [5.74, 6) is 2.53. The van der Waals surface area contributed by atoms with Crippen LogP contribution in [0, 0.1) is 0 Å². The summed E-state index contributed by atoms with van der Waals surface area (Å²) >= 11 is 0. The van der Waals surface area contributed by atoms with Gasteiger partial charge < -0.3 is 14.4 Å². The third-order valence-electron chi connectivity index (χ3n) is 5.95. The maximum absolute atomic E-state index is 5.36. The third kappa shape index (κ3) is 5.38. The van der Waals surface area contributed by atoms with Gasteiger partial charge in [0.05, 0.1) is 26.8 Å². The van der Waals surface area contributed by atoms with Crippen molar-refractivity contribution < 1.29 is 9.47 Å². The van der Waals surface area contributed by atoms with Crippen LogP contribution in [0.2, 0.25) is 0 Å². The maximum atomic E-state index is 5.36. The SMILES string of the molecule is CCN1CCN(C(c2ccc(OC)cc2)c2nnnn2Cc2ccc(OC)cc2)CC1.Cl. The number of methoxy groups -OCH3 is 2. The average Bonchev–Trinajstić information content (AvgIpc) is 3.28. The number of ether oxygens (including phenoxy) is 2. The van der Waals surface area contributed by atoms with Crippen LogP contribution in [0.1, 0.15) is 29.9 Å². The molecule has 8 nitrogen and oxygen atoms in total. The molecule has 0 bridgehead atoms. The predicted molar refractivity (Wildman–Crippen MR) is 126 cm³/mol. The number of piperazine rings is 1. The predicted octanol–water partition coefficient (Wildman–Crippen LogP) is 2.89. The van der Waals surface area contributed by atoms with Gasteiger partial charge in [0.1, 0.15) is 11.5 Å². The van der Waals surface area contributed by atoms with Gasteiger partial charge in [0.2, 0.25) is 0 Å². The fourth-order valence-corrected chi connectivity index (χ4v) is 4.07. The number of hydrogen-bond acceptors (Lipinski definition) is 7. The van der Waals surface area contributed by atoms with Gasteiger partial charge in [-0.05, 0) is 52.4 Å². The Morgan fingerprint density at radius 3 is 2.03 bits per heavy atom. The fourth-order valence-electron chi connectivity index (χ4n) is 4.07. The summed E-state index contributed by atoms with van der Waals surface area (Å²) in [6.07, 6.45) is 0. The lowest BCUT2D eigenvalue weighted by atomic mass is 10.0. The monoisotopic (exact) mass is 458 g/mol. The zero-order valence-electron chi connectivity index (χ0n) is 18.8. The number of nitrogens with zero attached hydrogens (tertiary/aromatic N) is 6. The van der Waals surface area contributed by atoms with Crippen LogP contribution in [-0.4, -0.2) is 77.0 Å². The van der Waals surface area contributed by atoms with Crippen LogP contribution in [-0.2, 0) is 6.54 Å². The number of rotatable bonds is 8. The molecule has 0 saturated carbocycles. The van der Waals surface area contributed by atoms with E-state index in [2.05, 4.69) is 44.4 Å². The van der Waals surface area contributed by atoms with Crippen molar-refractivity contribution in [2.75, 3.05) is 46.9 Å². The lowest BCUT2D eigenvalue weighted by Crippen LogP contribution is -2.48. The Hall–Kier alpha value is -2.68. The van der Waals surface area contributed by atoms with E-state index in [0.717, 1.165) is 61.2 Å². The van der Waals surface area contributed by atoms with Crippen molar-refractivity contribution in [3.63, 3.8) is 0 Å². The molecule has 1 saturated heterocycles. The van der Waals surface area contributed by atoms with Crippen molar-refractivity contribution in [1.29, 1.82) is 0 Å². The number of hydrogen-bond donors (Lipinski definition) is 0. The molecule has 9 heteroatoms. The second-order valence-electron chi connectivity index (χ2n) is 7.69. The van der Waals surface area contributed by atoms with E-state index in [0.29, 0.717) is 6.54 Å². The van der Waals surface area contributed by atoms with E-state index in [1.807, 2.05) is 41.1 Å². The van der Waals surface area contributed by atoms with Crippen LogP contribution in [0.25, 0.3) is 0 Å². The quantitative estimate of drug-likeness (QED) is 0.514. The number of benzene rings is 2. The lowest BCUT2D eigenvalue weighted by molar-refractivity contribution is 0.108. The maximum Gasteiger partial charge on any atom is 0.173 e. The second kappa shape index (κ2) is 11.3. The molecule has 1 aromatic heterocycles. The minimum Gasteiger partial charge on any atom is -0.497 e. The first-order valence-electron chi connectivity index (χ1n) is 10.7. The molecule has 1 fully saturated rings. The summed E-state index contributed by atoms with van der Waals surface area (Å²) in [4.78, 5) is 4.95. The Labute approximate surface area is 195 Å². The molecule has 2 aromatic carbocycles. The Morgan fingerprint density at radius 2 is 1.47 bits per heavy atom. The highest BCUT2D eigenvalue weighted by Crippen LogP contribution is 2.29. The molecule has 1 atom stereocenters. The van der Waals surface area contributed by atoms with Crippen molar-refractivity contribution in [3.05, 3.63) is 65.5 Å². The van der Waals surface area contributed by atoms with Crippen molar-refractivity contribution in [2.45, 2.75) is 19.5 Å². The van der Waals surface area contributed by atoms with Gasteiger partial charge in [-0.25, -0.2) is 4.68 Å². The van der Waals surface area contributed by atoms with Gasteiger partial charge in [-0.15, -0.1) is 17.5 Å². The van der Waals surface area contributed by atoms with Crippen LogP contribution >= 0.6 is 12.4 Å². The van der Waals surface area contributed by atoms with E-state index in [9.17, 15) is 0 Å². The lowest BCUT2D eigenvalue weighted by Gasteiger charge is -2.38. The molecule has 0 amide bonds. The molecule has 172 valence electrons. The molecule has 3 aromatic rings. The van der Waals surface area contributed by atoms with Crippen LogP contribution in [0.4, 0.5) is 0 Å². The van der Waals surface area contributed by atoms with E-state index in [1.165, 1.54) is 0 Å². The molecular formula is C23H31ClN6O2. The van der Waals surface area contributed by atoms with E-state index in [4.69, 9.17) is 9.47 Å². The van der Waals surface area contributed by atoms with Gasteiger partial charge in [-0.1, -0.05) is 31.2 Å². The van der Waals surface area contributed by atoms with E-state index >= 15 is 0 Å². The molecule has 32 heavy (non-hydrogen) atoms. The van der Waals surface area contributed by atoms with Gasteiger partial charge >= 0.3 is 0 Å². The van der Waals surface area contributed by atoms with Crippen LogP contribution in [0.5, 0.6) is 11.5 Å². The molecule has 0 aliphatic carbocycles. The van der Waals surface area contributed by atoms with Gasteiger partial charge in [-0.3, -0.25) is 4.90 Å². The summed E-state index contributed by atoms with van der Waals surface area (Å²) in [6.45, 7) is 7.93. The van der Waals surface area contributed by atoms with E-state index in [1.54, 1.807) is 14.2 Å². The highest BCUT2D eigenvalue weighted by atomic mass is 35.5. The molecule has 0 spiro atoms. The van der Waals surface area contributed by atoms with Crippen molar-refractivity contribution >= 4 is 12.4 Å². The first-order chi connectivity index (χ1) is 15.2. The summed E-state index contributed by atoms with van der Waals surface area (Å²) in [5, 5.41) is 12.8. The number of aromatic nitrogens is 4. The summed E-state index contributed by atoms with van der Waals surface area (Å²) in [5.41, 5.74) is 2.29. The third-order valence-corrected chi connectivity index (χ3v) is 5.95. The number of halogens is 1. The molecule has 2 heterocycles. The molecule has 0 radical (unpaired) electrons. The van der Waals surface area contributed by atoms with Crippen molar-refractivity contribution in [1.82, 2.24) is 30.0 Å². The Bertz CT molecular complexity index is 955. The Balaban J connectivity index is 0.00000289. The topological polar surface area (TPSA) is 68.5 Å². The van der Waals surface area contributed by atoms with Gasteiger partial charge in [0.15, 0.2) is 5.82 Å². The van der Waals surface area contributed by atoms with Crippen LogP contribution < -0.4 is 9.47 Å². The fraction of sp³-hybridized carbons (Fsp3) is 0.435. The molecular weight excluding hydrogens is 428 g/mol. The van der Waals surface area contributed by atoms with Gasteiger partial charge in [0, 0.05) is 26.2 Å². The first kappa shape index (κ1) is 24.0. The minimum absolute atomic E-state index is 0. The van der Waals surface area contributed by atoms with Crippen molar-refractivity contribution in [2.24, 2.45) is 0 Å². The largest absolute Gasteiger partial charge is 0.497 e. The summed E-state index contributed by atoms with van der Waals surface area (Å²) in [7, 11) is 3.36. The minimum atomic E-state index is -0.0156. The molecule has 4 rings (SSSR count). The molecule has 1 unspecified atom stereocenters. The first-order valence-corrected chi connectivity index (χ1v) is 10.7. The van der Waals surface area contributed by atoms with Gasteiger partial charge in [0.25, 0.3) is 0 Å². The number of likely N-dealkylation sites (N-methyl/N-ethyl adjacent to an activating group) is 1. The summed E-state index contributed by atoms with van der Waals surface area (Å²) < 4.78 is 12.5. The Kier molecular flexibility index (Phi) is 8.44. The van der Waals surface area contributed by atoms with Gasteiger partial charge in [-0.2, -0.15) is 0 Å². The standard InChI is InChI=1S/C23H30N6O2.ClH/c1-4-27-13-15-28(16-14-27)22(19-7-11-21(31-3)12-8-19)23-24-25-26-29(23)17-18-5-9-20(30-2)10-6-18;/h5-12,22H,4,13-17H2,1-3H3;1H. The Morgan fingerprint density at radius 1 is 0.875 bits per heavy atom. The summed E-state index contributed by atoms with van der Waals surface area (Å²) in [6, 6.07) is 16.2. The number of tetrazole rings is 1. The zero-order chi connectivity index (χ0) is 21.6. The van der Waals surface area contributed by atoms with Crippen LogP contribution in [0.15, 0.2) is 48.5 Å². The molecule has 0 N–H and O–H groups in total. The molecule has 1 aliphatic heterocycles. The smallest absolute Gasteiger partial charge is 0.173 e. The normalized spacial score (nSPS) is 15.7. The van der Waals surface area contributed by atoms with E-state index in [-0.39, 0.29) is 18.4 Å². The molecule has 1 aliphatic rings. The highest BCUT2D eigenvalue weighted by molar-refractivity contribution is 5.85. The average molecular weight is 459 g/mol. The second-order valence-corrected chi connectivity index (χ2v) is 7.69. The van der Waals surface area contributed by atoms with Crippen molar-refractivity contribution in [3.8, 4) is 11.5 Å². The zero-order valence-corrected chi connectivity index (χ0v) is 19.7. The van der Waals surface area contributed by atoms with E-state index < -0.39 is 0 Å². The highest BCUT2D eigenvalue weighted by Gasteiger charge is 2.30.